The van der Waals surface area contributed by atoms with Crippen molar-refractivity contribution in [2.24, 2.45) is 15.8 Å². The van der Waals surface area contributed by atoms with Crippen LogP contribution in [0.2, 0.25) is 0 Å². The lowest BCUT2D eigenvalue weighted by Gasteiger charge is -2.26. The minimum Gasteiger partial charge on any atom is -0.486 e. The Morgan fingerprint density at radius 3 is 2.66 bits per heavy atom. The number of benzene rings is 2. The summed E-state index contributed by atoms with van der Waals surface area (Å²) in [5, 5.41) is 0. The topological polar surface area (TPSA) is 60.0 Å². The molecule has 0 saturated heterocycles. The highest BCUT2D eigenvalue weighted by molar-refractivity contribution is 6.01. The largest absolute Gasteiger partial charge is 0.486 e. The van der Waals surface area contributed by atoms with E-state index >= 15 is 4.39 Å². The monoisotopic (exact) mass is 385 g/mol. The van der Waals surface area contributed by atoms with Crippen LogP contribution in [0, 0.1) is 5.82 Å². The maximum Gasteiger partial charge on any atom is 0.268 e. The van der Waals surface area contributed by atoms with E-state index in [0.29, 0.717) is 22.8 Å². The maximum absolute atomic E-state index is 15.4. The van der Waals surface area contributed by atoms with Crippen LogP contribution in [-0.4, -0.2) is 16.6 Å². The van der Waals surface area contributed by atoms with Crippen molar-refractivity contribution in [3.63, 3.8) is 0 Å². The van der Waals surface area contributed by atoms with Gasteiger partial charge in [-0.3, -0.25) is 4.99 Å². The zero-order valence-corrected chi connectivity index (χ0v) is 15.5. The first kappa shape index (κ1) is 17.5. The van der Waals surface area contributed by atoms with Gasteiger partial charge in [0.05, 0.1) is 18.0 Å². The van der Waals surface area contributed by atoms with Crippen LogP contribution in [0.5, 0.6) is 5.75 Å². The van der Waals surface area contributed by atoms with Crippen LogP contribution in [0.1, 0.15) is 11.1 Å². The van der Waals surface area contributed by atoms with Gasteiger partial charge in [0.25, 0.3) is 5.84 Å². The van der Waals surface area contributed by atoms with E-state index in [2.05, 4.69) is 4.99 Å². The Morgan fingerprint density at radius 1 is 1.07 bits per heavy atom. The second-order valence-electron chi connectivity index (χ2n) is 6.90. The summed E-state index contributed by atoms with van der Waals surface area (Å²) >= 11 is 0. The molecule has 0 amide bonds. The molecule has 2 aromatic carbocycles. The van der Waals surface area contributed by atoms with Gasteiger partial charge in [0.15, 0.2) is 11.6 Å². The molecule has 0 radical (unpaired) electrons. The molecule has 0 aromatic heterocycles. The molecule has 0 spiro atoms. The molecule has 6 heteroatoms. The van der Waals surface area contributed by atoms with Crippen LogP contribution < -0.4 is 10.6 Å². The minimum absolute atomic E-state index is 0.160. The highest BCUT2D eigenvalue weighted by Gasteiger charge is 2.46. The van der Waals surface area contributed by atoms with Gasteiger partial charge in [-0.05, 0) is 17.7 Å². The molecule has 5 rings (SSSR count). The summed E-state index contributed by atoms with van der Waals surface area (Å²) in [5.41, 5.74) is 3.61. The Balaban J connectivity index is 1.51. The van der Waals surface area contributed by atoms with E-state index in [-0.39, 0.29) is 16.9 Å². The number of fused-ring (bicyclic) bond motifs is 1. The highest BCUT2D eigenvalue weighted by Crippen LogP contribution is 2.37. The Morgan fingerprint density at radius 2 is 1.90 bits per heavy atom. The predicted molar refractivity (Wildman–Crippen MR) is 110 cm³/mol. The van der Waals surface area contributed by atoms with Crippen LogP contribution in [0.25, 0.3) is 0 Å². The van der Waals surface area contributed by atoms with E-state index in [1.165, 1.54) is 0 Å². The quantitative estimate of drug-likeness (QED) is 0.622. The average molecular weight is 385 g/mol. The number of allylic oxidation sites excluding steroid dienone is 4. The van der Waals surface area contributed by atoms with E-state index in [1.54, 1.807) is 36.8 Å². The number of quaternary nitrogens is 1. The van der Waals surface area contributed by atoms with E-state index in [4.69, 9.17) is 15.6 Å². The van der Waals surface area contributed by atoms with Gasteiger partial charge in [-0.25, -0.2) is 4.39 Å². The number of ether oxygens (including phenoxy) is 1. The Hall–Kier alpha value is -3.61. The summed E-state index contributed by atoms with van der Waals surface area (Å²) in [4.78, 5) is 8.89. The molecule has 5 nitrogen and oxygen atoms in total. The summed E-state index contributed by atoms with van der Waals surface area (Å²) in [6.07, 6.45) is 10.8. The van der Waals surface area contributed by atoms with Crippen molar-refractivity contribution >= 4 is 12.1 Å². The Labute approximate surface area is 167 Å². The van der Waals surface area contributed by atoms with Crippen molar-refractivity contribution in [3.8, 4) is 5.75 Å². The number of nitrogens with two attached hydrogens (primary N) is 1. The van der Waals surface area contributed by atoms with Crippen molar-refractivity contribution < 1.29 is 13.7 Å². The molecule has 2 aromatic rings. The Kier molecular flexibility index (Phi) is 4.08. The third-order valence-corrected chi connectivity index (χ3v) is 5.06. The third-order valence-electron chi connectivity index (χ3n) is 5.06. The molecule has 142 valence electrons. The van der Waals surface area contributed by atoms with Crippen LogP contribution in [0.15, 0.2) is 106 Å². The normalized spacial score (nSPS) is 21.6. The van der Waals surface area contributed by atoms with Gasteiger partial charge in [-0.1, -0.05) is 54.6 Å². The Bertz CT molecular complexity index is 1170. The number of hydrogen-bond acceptors (Lipinski definition) is 4. The number of rotatable bonds is 5. The molecule has 2 N–H and O–H groups in total. The van der Waals surface area contributed by atoms with Gasteiger partial charge >= 0.3 is 0 Å². The van der Waals surface area contributed by atoms with E-state index < -0.39 is 5.82 Å². The van der Waals surface area contributed by atoms with Gasteiger partial charge in [0, 0.05) is 5.57 Å². The minimum atomic E-state index is -0.486. The lowest BCUT2D eigenvalue weighted by Crippen LogP contribution is -2.53. The van der Waals surface area contributed by atoms with Crippen LogP contribution in [-0.2, 0) is 6.61 Å². The summed E-state index contributed by atoms with van der Waals surface area (Å²) in [6, 6.07) is 14.7. The predicted octanol–water partition coefficient (Wildman–Crippen LogP) is 4.12. The number of amidine groups is 1. The zero-order valence-electron chi connectivity index (χ0n) is 15.5. The van der Waals surface area contributed by atoms with Crippen molar-refractivity contribution in [2.75, 3.05) is 0 Å². The second-order valence-corrected chi connectivity index (χ2v) is 6.90. The summed E-state index contributed by atoms with van der Waals surface area (Å²) in [5.74, 6) is 6.71. The van der Waals surface area contributed by atoms with Crippen LogP contribution in [0.3, 0.4) is 0 Å². The van der Waals surface area contributed by atoms with E-state index in [1.807, 2.05) is 48.6 Å². The standard InChI is InChI=1S/C23H18FN4O/c24-21-18(10-5-11-20(21)29-15-16-6-2-1-3-7-16)23-27-22(17-8-4-9-17)19-14-26-12-13-28(19,23)25/h1-14H,15,25H2/q+1. The fourth-order valence-electron chi connectivity index (χ4n) is 3.45. The summed E-state index contributed by atoms with van der Waals surface area (Å²) in [6.45, 7) is 0.273. The molecule has 29 heavy (non-hydrogen) atoms. The van der Waals surface area contributed by atoms with Crippen LogP contribution >= 0.6 is 0 Å². The fraction of sp³-hybridized carbons (Fsp3) is 0.0435. The first-order valence-corrected chi connectivity index (χ1v) is 9.23. The van der Waals surface area contributed by atoms with E-state index in [0.717, 1.165) is 11.1 Å². The van der Waals surface area contributed by atoms with Crippen molar-refractivity contribution in [1.29, 1.82) is 0 Å². The van der Waals surface area contributed by atoms with Gasteiger partial charge in [-0.15, -0.1) is 4.59 Å². The zero-order chi connectivity index (χ0) is 19.8. The van der Waals surface area contributed by atoms with E-state index in [9.17, 15) is 0 Å². The number of aliphatic imine (C=N–C) groups is 2. The highest BCUT2D eigenvalue weighted by atomic mass is 19.1. The average Bonchev–Trinajstić information content (AvgIpc) is 2.99. The smallest absolute Gasteiger partial charge is 0.268 e. The van der Waals surface area contributed by atoms with Gasteiger partial charge in [0.1, 0.15) is 18.5 Å². The lowest BCUT2D eigenvalue weighted by atomic mass is 10.0. The fourth-order valence-corrected chi connectivity index (χ4v) is 3.45. The molecule has 1 aliphatic carbocycles. The van der Waals surface area contributed by atoms with Gasteiger partial charge in [-0.2, -0.15) is 10.8 Å². The first-order valence-electron chi connectivity index (χ1n) is 9.23. The lowest BCUT2D eigenvalue weighted by molar-refractivity contribution is -0.750. The summed E-state index contributed by atoms with van der Waals surface area (Å²) in [7, 11) is 0. The van der Waals surface area contributed by atoms with Gasteiger partial charge in [0.2, 0.25) is 5.70 Å². The number of nitrogens with zero attached hydrogens (tertiary/aromatic N) is 3. The third kappa shape index (κ3) is 2.86. The summed E-state index contributed by atoms with van der Waals surface area (Å²) < 4.78 is 20.9. The van der Waals surface area contributed by atoms with Crippen LogP contribution in [0.4, 0.5) is 4.39 Å². The molecular weight excluding hydrogens is 367 g/mol. The molecule has 1 unspecified atom stereocenters. The number of hydrogen-bond donors (Lipinski definition) is 1. The van der Waals surface area contributed by atoms with Crippen molar-refractivity contribution in [2.45, 2.75) is 6.61 Å². The van der Waals surface area contributed by atoms with Crippen molar-refractivity contribution in [1.82, 2.24) is 0 Å². The molecule has 2 aliphatic heterocycles. The first-order chi connectivity index (χ1) is 14.2. The number of halogens is 1. The maximum atomic E-state index is 15.4. The van der Waals surface area contributed by atoms with Crippen molar-refractivity contribution in [3.05, 3.63) is 113 Å². The molecule has 0 saturated carbocycles. The molecule has 1 atom stereocenters. The molecule has 0 fully saturated rings. The SMILES string of the molecule is N[N+]12C=CN=CC1=C(C1=CC=C1)N=C2c1cccc(OCc2ccccc2)c1F. The molecule has 2 heterocycles. The van der Waals surface area contributed by atoms with Gasteiger partial charge < -0.3 is 4.74 Å². The molecule has 0 bridgehead atoms. The molecule has 3 aliphatic rings. The molecular formula is C23H18FN4O+. The second kappa shape index (κ2) is 6.77.